The molecule has 0 fully saturated rings. The fourth-order valence-corrected chi connectivity index (χ4v) is 0.801. The predicted molar refractivity (Wildman–Crippen MR) is 33.4 cm³/mol. The van der Waals surface area contributed by atoms with Crippen molar-refractivity contribution in [2.75, 3.05) is 6.61 Å². The van der Waals surface area contributed by atoms with Crippen LogP contribution in [0, 0.1) is 17.2 Å². The summed E-state index contributed by atoms with van der Waals surface area (Å²) in [5.41, 5.74) is 0. The summed E-state index contributed by atoms with van der Waals surface area (Å²) in [4.78, 5) is 0. The molecular formula is C7H9NO. The Kier molecular flexibility index (Phi) is 2.14. The van der Waals surface area contributed by atoms with E-state index in [9.17, 15) is 0 Å². The number of hydrogen-bond acceptors (Lipinski definition) is 2. The lowest BCUT2D eigenvalue weighted by atomic mass is 10.1. The second kappa shape index (κ2) is 3.13. The molecule has 0 spiro atoms. The molecule has 0 bridgehead atoms. The van der Waals surface area contributed by atoms with Crippen molar-refractivity contribution in [2.45, 2.75) is 12.8 Å². The molecule has 0 N–H and O–H groups in total. The van der Waals surface area contributed by atoms with Gasteiger partial charge in [-0.05, 0) is 18.9 Å². The zero-order valence-electron chi connectivity index (χ0n) is 5.21. The van der Waals surface area contributed by atoms with E-state index < -0.39 is 0 Å². The van der Waals surface area contributed by atoms with E-state index in [1.54, 1.807) is 6.26 Å². The van der Waals surface area contributed by atoms with Gasteiger partial charge in [-0.2, -0.15) is 5.26 Å². The van der Waals surface area contributed by atoms with Crippen molar-refractivity contribution in [1.29, 1.82) is 5.26 Å². The zero-order chi connectivity index (χ0) is 6.53. The Morgan fingerprint density at radius 2 is 2.56 bits per heavy atom. The van der Waals surface area contributed by atoms with Crippen molar-refractivity contribution in [3.05, 3.63) is 12.3 Å². The van der Waals surface area contributed by atoms with Crippen LogP contribution in [-0.2, 0) is 4.74 Å². The Labute approximate surface area is 54.7 Å². The molecule has 9 heavy (non-hydrogen) atoms. The number of nitrogens with zero attached hydrogens (tertiary/aromatic N) is 1. The lowest BCUT2D eigenvalue weighted by molar-refractivity contribution is 0.242. The molecule has 0 aromatic rings. The number of nitriles is 1. The highest BCUT2D eigenvalue weighted by molar-refractivity contribution is 4.91. The zero-order valence-corrected chi connectivity index (χ0v) is 5.21. The van der Waals surface area contributed by atoms with Gasteiger partial charge in [-0.15, -0.1) is 0 Å². The highest BCUT2D eigenvalue weighted by Crippen LogP contribution is 2.11. The van der Waals surface area contributed by atoms with Gasteiger partial charge in [0.25, 0.3) is 0 Å². The summed E-state index contributed by atoms with van der Waals surface area (Å²) in [6.45, 7) is 0.689. The van der Waals surface area contributed by atoms with Crippen LogP contribution in [0.4, 0.5) is 0 Å². The summed E-state index contributed by atoms with van der Waals surface area (Å²) in [6.07, 6.45) is 5.29. The first kappa shape index (κ1) is 6.15. The van der Waals surface area contributed by atoms with Crippen LogP contribution in [-0.4, -0.2) is 6.61 Å². The number of allylic oxidation sites excluding steroid dienone is 1. The Bertz CT molecular complexity index is 145. The van der Waals surface area contributed by atoms with Gasteiger partial charge in [0.15, 0.2) is 0 Å². The van der Waals surface area contributed by atoms with Crippen molar-refractivity contribution >= 4 is 0 Å². The monoisotopic (exact) mass is 123 g/mol. The van der Waals surface area contributed by atoms with E-state index in [1.165, 1.54) is 0 Å². The number of hydrogen-bond donors (Lipinski definition) is 0. The van der Waals surface area contributed by atoms with Crippen LogP contribution in [0.5, 0.6) is 0 Å². The first-order chi connectivity index (χ1) is 4.43. The molecule has 0 aromatic heterocycles. The molecule has 1 unspecified atom stereocenters. The van der Waals surface area contributed by atoms with Gasteiger partial charge in [-0.3, -0.25) is 0 Å². The second-order valence-corrected chi connectivity index (χ2v) is 2.09. The maximum atomic E-state index is 8.48. The highest BCUT2D eigenvalue weighted by Gasteiger charge is 2.06. The van der Waals surface area contributed by atoms with Crippen LogP contribution in [0.2, 0.25) is 0 Å². The summed E-state index contributed by atoms with van der Waals surface area (Å²) in [5, 5.41) is 8.48. The third kappa shape index (κ3) is 1.77. The van der Waals surface area contributed by atoms with Crippen LogP contribution in [0.3, 0.4) is 0 Å². The van der Waals surface area contributed by atoms with Crippen LogP contribution in [0.25, 0.3) is 0 Å². The molecular weight excluding hydrogens is 114 g/mol. The normalized spacial score (nSPS) is 25.9. The fourth-order valence-electron chi connectivity index (χ4n) is 0.801. The molecule has 0 radical (unpaired) electrons. The van der Waals surface area contributed by atoms with Crippen LogP contribution >= 0.6 is 0 Å². The van der Waals surface area contributed by atoms with E-state index in [-0.39, 0.29) is 5.92 Å². The van der Waals surface area contributed by atoms with Gasteiger partial charge >= 0.3 is 0 Å². The highest BCUT2D eigenvalue weighted by atomic mass is 16.5. The van der Waals surface area contributed by atoms with Crippen molar-refractivity contribution in [3.63, 3.8) is 0 Å². The third-order valence-corrected chi connectivity index (χ3v) is 1.38. The van der Waals surface area contributed by atoms with Gasteiger partial charge < -0.3 is 4.74 Å². The smallest absolute Gasteiger partial charge is 0.0885 e. The molecule has 0 aromatic carbocycles. The number of ether oxygens (including phenoxy) is 1. The van der Waals surface area contributed by atoms with E-state index in [0.717, 1.165) is 12.8 Å². The summed E-state index contributed by atoms with van der Waals surface area (Å²) < 4.78 is 4.99. The first-order valence-electron chi connectivity index (χ1n) is 3.09. The standard InChI is InChI=1S/C7H9NO/c8-6-7-2-1-4-9-5-3-7/h1,4,7H,2-3,5H2. The van der Waals surface area contributed by atoms with Gasteiger partial charge in [-0.1, -0.05) is 0 Å². The second-order valence-electron chi connectivity index (χ2n) is 2.09. The maximum absolute atomic E-state index is 8.48. The molecule has 0 amide bonds. The number of rotatable bonds is 0. The topological polar surface area (TPSA) is 33.0 Å². The van der Waals surface area contributed by atoms with Crippen LogP contribution in [0.15, 0.2) is 12.3 Å². The average molecular weight is 123 g/mol. The van der Waals surface area contributed by atoms with Gasteiger partial charge in [-0.25, -0.2) is 0 Å². The molecule has 2 nitrogen and oxygen atoms in total. The Balaban J connectivity index is 2.40. The predicted octanol–water partition coefficient (Wildman–Crippen LogP) is 1.45. The molecule has 0 saturated carbocycles. The third-order valence-electron chi connectivity index (χ3n) is 1.38. The van der Waals surface area contributed by atoms with E-state index in [1.807, 2.05) is 6.08 Å². The van der Waals surface area contributed by atoms with Crippen molar-refractivity contribution in [3.8, 4) is 6.07 Å². The van der Waals surface area contributed by atoms with Crippen LogP contribution in [0.1, 0.15) is 12.8 Å². The molecule has 2 heteroatoms. The van der Waals surface area contributed by atoms with Gasteiger partial charge in [0, 0.05) is 0 Å². The minimum absolute atomic E-state index is 0.170. The Hall–Kier alpha value is -0.970. The molecule has 1 atom stereocenters. The summed E-state index contributed by atoms with van der Waals surface area (Å²) in [7, 11) is 0. The van der Waals surface area contributed by atoms with E-state index >= 15 is 0 Å². The first-order valence-corrected chi connectivity index (χ1v) is 3.09. The SMILES string of the molecule is N#CC1CC=COCC1. The largest absolute Gasteiger partial charge is 0.501 e. The van der Waals surface area contributed by atoms with E-state index in [0.29, 0.717) is 6.61 Å². The quantitative estimate of drug-likeness (QED) is 0.488. The fraction of sp³-hybridized carbons (Fsp3) is 0.571. The molecule has 0 saturated heterocycles. The Morgan fingerprint density at radius 3 is 3.33 bits per heavy atom. The van der Waals surface area contributed by atoms with E-state index in [2.05, 4.69) is 6.07 Å². The lowest BCUT2D eigenvalue weighted by Crippen LogP contribution is -1.96. The molecule has 1 aliphatic rings. The minimum atomic E-state index is 0.170. The molecule has 1 rings (SSSR count). The van der Waals surface area contributed by atoms with Crippen molar-refractivity contribution < 1.29 is 4.74 Å². The summed E-state index contributed by atoms with van der Waals surface area (Å²) in [5.74, 6) is 0.170. The van der Waals surface area contributed by atoms with Gasteiger partial charge in [0.1, 0.15) is 0 Å². The summed E-state index contributed by atoms with van der Waals surface area (Å²) in [6, 6.07) is 2.21. The molecule has 1 aliphatic heterocycles. The summed E-state index contributed by atoms with van der Waals surface area (Å²) >= 11 is 0. The van der Waals surface area contributed by atoms with Crippen LogP contribution < -0.4 is 0 Å². The van der Waals surface area contributed by atoms with Crippen molar-refractivity contribution in [1.82, 2.24) is 0 Å². The van der Waals surface area contributed by atoms with E-state index in [4.69, 9.17) is 10.00 Å². The molecule has 1 heterocycles. The Morgan fingerprint density at radius 1 is 1.67 bits per heavy atom. The van der Waals surface area contributed by atoms with Gasteiger partial charge in [0.2, 0.25) is 0 Å². The van der Waals surface area contributed by atoms with Gasteiger partial charge in [0.05, 0.1) is 24.9 Å². The minimum Gasteiger partial charge on any atom is -0.501 e. The molecule has 48 valence electrons. The lowest BCUT2D eigenvalue weighted by Gasteiger charge is -1.99. The molecule has 0 aliphatic carbocycles. The maximum Gasteiger partial charge on any atom is 0.0885 e. The average Bonchev–Trinajstić information content (AvgIpc) is 2.13. The van der Waals surface area contributed by atoms with Crippen molar-refractivity contribution in [2.24, 2.45) is 5.92 Å².